The number of carbonyl (C=O) groups is 1. The van der Waals surface area contributed by atoms with Crippen LogP contribution in [0.25, 0.3) is 0 Å². The minimum absolute atomic E-state index is 0.124. The lowest BCUT2D eigenvalue weighted by atomic mass is 10.0. The van der Waals surface area contributed by atoms with Crippen molar-refractivity contribution in [1.82, 2.24) is 4.90 Å². The lowest BCUT2D eigenvalue weighted by Gasteiger charge is -2.29. The molecule has 0 spiro atoms. The van der Waals surface area contributed by atoms with Crippen molar-refractivity contribution in [1.29, 1.82) is 0 Å². The number of amides is 1. The van der Waals surface area contributed by atoms with Gasteiger partial charge < -0.3 is 9.64 Å². The highest BCUT2D eigenvalue weighted by atomic mass is 79.9. The van der Waals surface area contributed by atoms with Gasteiger partial charge in [0.25, 0.3) is 0 Å². The maximum absolute atomic E-state index is 12.2. The first-order chi connectivity index (χ1) is 7.33. The Morgan fingerprint density at radius 1 is 1.40 bits per heavy atom. The van der Waals surface area contributed by atoms with E-state index in [1.165, 1.54) is 12.8 Å². The van der Waals surface area contributed by atoms with Crippen LogP contribution in [0, 0.1) is 5.92 Å². The van der Waals surface area contributed by atoms with Gasteiger partial charge in [-0.15, -0.1) is 0 Å². The molecule has 0 N–H and O–H groups in total. The summed E-state index contributed by atoms with van der Waals surface area (Å²) >= 11 is 3.41. The van der Waals surface area contributed by atoms with Crippen LogP contribution in [0.3, 0.4) is 0 Å². The smallest absolute Gasteiger partial charge is 0.228 e. The molecule has 1 atom stereocenters. The summed E-state index contributed by atoms with van der Waals surface area (Å²) in [7, 11) is 0. The molecule has 1 amide bonds. The number of rotatable bonds is 4. The van der Waals surface area contributed by atoms with Gasteiger partial charge in [0.2, 0.25) is 5.91 Å². The summed E-state index contributed by atoms with van der Waals surface area (Å²) in [6.07, 6.45) is 4.41. The van der Waals surface area contributed by atoms with E-state index in [0.29, 0.717) is 18.6 Å². The molecule has 86 valence electrons. The molecule has 0 aromatic rings. The second-order valence-electron chi connectivity index (χ2n) is 4.37. The molecule has 1 aliphatic heterocycles. The van der Waals surface area contributed by atoms with Gasteiger partial charge in [-0.2, -0.15) is 0 Å². The second-order valence-corrected chi connectivity index (χ2v) is 5.16. The van der Waals surface area contributed by atoms with Gasteiger partial charge in [-0.1, -0.05) is 15.9 Å². The minimum atomic E-state index is 0.124. The normalized spacial score (nSPS) is 26.3. The Balaban J connectivity index is 1.90. The van der Waals surface area contributed by atoms with Crippen LogP contribution in [0.4, 0.5) is 0 Å². The summed E-state index contributed by atoms with van der Waals surface area (Å²) in [5.74, 6) is 0.440. The molecule has 0 aromatic heterocycles. The van der Waals surface area contributed by atoms with E-state index in [0.717, 1.165) is 31.3 Å². The quantitative estimate of drug-likeness (QED) is 0.733. The van der Waals surface area contributed by atoms with Crippen molar-refractivity contribution < 1.29 is 9.53 Å². The van der Waals surface area contributed by atoms with Crippen LogP contribution in [0.1, 0.15) is 25.7 Å². The maximum atomic E-state index is 12.2. The van der Waals surface area contributed by atoms with Crippen LogP contribution in [-0.4, -0.2) is 41.9 Å². The zero-order valence-electron chi connectivity index (χ0n) is 8.95. The molecular weight excluding hydrogens is 258 g/mol. The summed E-state index contributed by atoms with van der Waals surface area (Å²) in [6.45, 7) is 2.30. The Bertz CT molecular complexity index is 225. The average Bonchev–Trinajstić information content (AvgIpc) is 3.10. The predicted octanol–water partition coefficient (Wildman–Crippen LogP) is 1.80. The first-order valence-corrected chi connectivity index (χ1v) is 6.89. The maximum Gasteiger partial charge on any atom is 0.228 e. The van der Waals surface area contributed by atoms with Crippen molar-refractivity contribution in [2.45, 2.75) is 31.7 Å². The summed E-state index contributed by atoms with van der Waals surface area (Å²) in [5.41, 5.74) is 0. The largest absolute Gasteiger partial charge is 0.381 e. The lowest BCUT2D eigenvalue weighted by molar-refractivity contribution is -0.140. The van der Waals surface area contributed by atoms with Crippen molar-refractivity contribution in [2.24, 2.45) is 5.92 Å². The number of nitrogens with zero attached hydrogens (tertiary/aromatic N) is 1. The zero-order valence-corrected chi connectivity index (χ0v) is 10.5. The van der Waals surface area contributed by atoms with E-state index in [9.17, 15) is 4.79 Å². The Hall–Kier alpha value is -0.0900. The molecule has 1 heterocycles. The minimum Gasteiger partial charge on any atom is -0.381 e. The first kappa shape index (κ1) is 11.4. The third kappa shape index (κ3) is 2.94. The predicted molar refractivity (Wildman–Crippen MR) is 62.1 cm³/mol. The van der Waals surface area contributed by atoms with E-state index in [4.69, 9.17) is 4.74 Å². The Morgan fingerprint density at radius 2 is 2.20 bits per heavy atom. The molecule has 1 saturated heterocycles. The number of hydrogen-bond donors (Lipinski definition) is 0. The van der Waals surface area contributed by atoms with Gasteiger partial charge in [0.05, 0.1) is 12.5 Å². The monoisotopic (exact) mass is 275 g/mol. The standard InChI is InChI=1S/C11H18BrNO2/c12-5-6-13(10-3-4-10)11(14)9-2-1-7-15-8-9/h9-10H,1-8H2. The topological polar surface area (TPSA) is 29.5 Å². The number of alkyl halides is 1. The number of carbonyl (C=O) groups excluding carboxylic acids is 1. The van der Waals surface area contributed by atoms with Gasteiger partial charge in [0.15, 0.2) is 0 Å². The molecule has 2 aliphatic rings. The molecule has 2 rings (SSSR count). The van der Waals surface area contributed by atoms with E-state index in [2.05, 4.69) is 15.9 Å². The van der Waals surface area contributed by atoms with Crippen LogP contribution in [0.2, 0.25) is 0 Å². The van der Waals surface area contributed by atoms with E-state index < -0.39 is 0 Å². The van der Waals surface area contributed by atoms with Crippen molar-refractivity contribution in [3.8, 4) is 0 Å². The molecule has 3 nitrogen and oxygen atoms in total. The van der Waals surface area contributed by atoms with Gasteiger partial charge >= 0.3 is 0 Å². The molecule has 2 fully saturated rings. The fourth-order valence-electron chi connectivity index (χ4n) is 2.12. The van der Waals surface area contributed by atoms with Crippen molar-refractivity contribution in [3.05, 3.63) is 0 Å². The van der Waals surface area contributed by atoms with Crippen LogP contribution in [0.15, 0.2) is 0 Å². The molecule has 1 unspecified atom stereocenters. The van der Waals surface area contributed by atoms with Gasteiger partial charge in [0, 0.05) is 24.5 Å². The number of hydrogen-bond acceptors (Lipinski definition) is 2. The third-order valence-corrected chi connectivity index (χ3v) is 3.46. The highest BCUT2D eigenvalue weighted by Gasteiger charge is 2.35. The van der Waals surface area contributed by atoms with Crippen LogP contribution in [-0.2, 0) is 9.53 Å². The van der Waals surface area contributed by atoms with Crippen LogP contribution < -0.4 is 0 Å². The van der Waals surface area contributed by atoms with Crippen molar-refractivity contribution >= 4 is 21.8 Å². The lowest BCUT2D eigenvalue weighted by Crippen LogP contribution is -2.41. The Morgan fingerprint density at radius 3 is 2.73 bits per heavy atom. The van der Waals surface area contributed by atoms with Gasteiger partial charge in [-0.25, -0.2) is 0 Å². The number of ether oxygens (including phenoxy) is 1. The average molecular weight is 276 g/mol. The highest BCUT2D eigenvalue weighted by molar-refractivity contribution is 9.09. The van der Waals surface area contributed by atoms with Crippen LogP contribution in [0.5, 0.6) is 0 Å². The number of halogens is 1. The molecule has 0 radical (unpaired) electrons. The van der Waals surface area contributed by atoms with Gasteiger partial charge in [-0.3, -0.25) is 4.79 Å². The van der Waals surface area contributed by atoms with E-state index in [-0.39, 0.29) is 5.92 Å². The third-order valence-electron chi connectivity index (χ3n) is 3.11. The Labute approximate surface area is 99.3 Å². The molecule has 0 aromatic carbocycles. The molecule has 1 saturated carbocycles. The van der Waals surface area contributed by atoms with Crippen LogP contribution >= 0.6 is 15.9 Å². The molecule has 15 heavy (non-hydrogen) atoms. The summed E-state index contributed by atoms with van der Waals surface area (Å²) < 4.78 is 5.37. The molecule has 1 aliphatic carbocycles. The van der Waals surface area contributed by atoms with E-state index in [1.54, 1.807) is 0 Å². The molecule has 4 heteroatoms. The fraction of sp³-hybridized carbons (Fsp3) is 0.909. The summed E-state index contributed by atoms with van der Waals surface area (Å²) in [6, 6.07) is 0.525. The van der Waals surface area contributed by atoms with E-state index in [1.807, 2.05) is 4.90 Å². The van der Waals surface area contributed by atoms with Crippen molar-refractivity contribution in [3.63, 3.8) is 0 Å². The first-order valence-electron chi connectivity index (χ1n) is 5.77. The zero-order chi connectivity index (χ0) is 10.7. The summed E-state index contributed by atoms with van der Waals surface area (Å²) in [4.78, 5) is 14.2. The molecular formula is C11H18BrNO2. The van der Waals surface area contributed by atoms with Gasteiger partial charge in [0.1, 0.15) is 0 Å². The van der Waals surface area contributed by atoms with Crippen molar-refractivity contribution in [2.75, 3.05) is 25.1 Å². The van der Waals surface area contributed by atoms with Gasteiger partial charge in [-0.05, 0) is 25.7 Å². The van der Waals surface area contributed by atoms with E-state index >= 15 is 0 Å². The fourth-order valence-corrected chi connectivity index (χ4v) is 2.50. The molecule has 0 bridgehead atoms. The summed E-state index contributed by atoms with van der Waals surface area (Å²) in [5, 5.41) is 0.878. The highest BCUT2D eigenvalue weighted by Crippen LogP contribution is 2.29. The second kappa shape index (κ2) is 5.30. The SMILES string of the molecule is O=C(C1CCCOC1)N(CCBr)C1CC1. The Kier molecular flexibility index (Phi) is 4.03.